The molecule has 2 amide bonds. The number of nitrogens with zero attached hydrogens (tertiary/aromatic N) is 1. The summed E-state index contributed by atoms with van der Waals surface area (Å²) in [6.45, 7) is 8.03. The van der Waals surface area contributed by atoms with Crippen molar-refractivity contribution in [1.29, 1.82) is 0 Å². The average molecular weight is 304 g/mol. The molecule has 0 aromatic heterocycles. The van der Waals surface area contributed by atoms with E-state index in [9.17, 15) is 9.59 Å². The minimum Gasteiger partial charge on any atom is -0.460 e. The van der Waals surface area contributed by atoms with Crippen LogP contribution >= 0.6 is 0 Å². The molecule has 5 heteroatoms. The summed E-state index contributed by atoms with van der Waals surface area (Å²) in [7, 11) is 0. The lowest BCUT2D eigenvalue weighted by Crippen LogP contribution is -2.38. The summed E-state index contributed by atoms with van der Waals surface area (Å²) in [6.07, 6.45) is 0.466. The van der Waals surface area contributed by atoms with Crippen LogP contribution in [-0.2, 0) is 9.53 Å². The molecule has 1 heterocycles. The van der Waals surface area contributed by atoms with E-state index in [4.69, 9.17) is 4.74 Å². The number of urea groups is 1. The Morgan fingerprint density at radius 2 is 1.91 bits per heavy atom. The second-order valence-electron chi connectivity index (χ2n) is 6.25. The predicted octanol–water partition coefficient (Wildman–Crippen LogP) is 3.19. The molecule has 1 aromatic carbocycles. The van der Waals surface area contributed by atoms with E-state index < -0.39 is 0 Å². The van der Waals surface area contributed by atoms with Crippen molar-refractivity contribution in [1.82, 2.24) is 4.90 Å². The Morgan fingerprint density at radius 1 is 1.27 bits per heavy atom. The summed E-state index contributed by atoms with van der Waals surface area (Å²) < 4.78 is 5.43. The van der Waals surface area contributed by atoms with Crippen molar-refractivity contribution >= 4 is 17.7 Å². The number of nitrogens with one attached hydrogen (secondary N) is 1. The first-order valence-corrected chi connectivity index (χ1v) is 7.71. The number of carbonyl (C=O) groups excluding carboxylic acids is 2. The Balaban J connectivity index is 1.93. The van der Waals surface area contributed by atoms with E-state index in [1.807, 2.05) is 52.0 Å². The van der Waals surface area contributed by atoms with Gasteiger partial charge in [0.25, 0.3) is 0 Å². The molecule has 1 saturated heterocycles. The van der Waals surface area contributed by atoms with Crippen molar-refractivity contribution < 1.29 is 14.3 Å². The van der Waals surface area contributed by atoms with Crippen molar-refractivity contribution in [2.75, 3.05) is 11.9 Å². The van der Waals surface area contributed by atoms with Crippen LogP contribution in [0.25, 0.3) is 0 Å². The van der Waals surface area contributed by atoms with Gasteiger partial charge >= 0.3 is 12.0 Å². The molecule has 0 spiro atoms. The van der Waals surface area contributed by atoms with Gasteiger partial charge in [-0.25, -0.2) is 4.79 Å². The predicted molar refractivity (Wildman–Crippen MR) is 85.7 cm³/mol. The van der Waals surface area contributed by atoms with Crippen LogP contribution in [0.1, 0.15) is 32.8 Å². The molecule has 5 nitrogen and oxygen atoms in total. The number of hydrogen-bond acceptors (Lipinski definition) is 3. The molecular formula is C17H24N2O3. The second-order valence-corrected chi connectivity index (χ2v) is 6.25. The Morgan fingerprint density at radius 3 is 2.50 bits per heavy atom. The molecular weight excluding hydrogens is 280 g/mol. The number of hydrogen-bond donors (Lipinski definition) is 1. The molecule has 2 atom stereocenters. The minimum atomic E-state index is -0.214. The van der Waals surface area contributed by atoms with Gasteiger partial charge in [0.1, 0.15) is 6.10 Å². The van der Waals surface area contributed by atoms with Crippen LogP contribution in [0.15, 0.2) is 24.3 Å². The number of likely N-dealkylation sites (tertiary alicyclic amines) is 1. The summed E-state index contributed by atoms with van der Waals surface area (Å²) in [4.78, 5) is 25.7. The van der Waals surface area contributed by atoms with Gasteiger partial charge in [-0.2, -0.15) is 0 Å². The fourth-order valence-electron chi connectivity index (χ4n) is 2.48. The van der Waals surface area contributed by atoms with Gasteiger partial charge in [0.05, 0.1) is 12.5 Å². The topological polar surface area (TPSA) is 58.6 Å². The third kappa shape index (κ3) is 4.00. The SMILES string of the molecule is Cc1ccc(NC(=O)N2CC(OC(=O)C(C)C)CC2C)cc1. The quantitative estimate of drug-likeness (QED) is 0.872. The highest BCUT2D eigenvalue weighted by Crippen LogP contribution is 2.22. The highest BCUT2D eigenvalue weighted by molar-refractivity contribution is 5.89. The third-order valence-electron chi connectivity index (χ3n) is 3.85. The Hall–Kier alpha value is -2.04. The molecule has 2 unspecified atom stereocenters. The lowest BCUT2D eigenvalue weighted by Gasteiger charge is -2.21. The smallest absolute Gasteiger partial charge is 0.322 e. The lowest BCUT2D eigenvalue weighted by atomic mass is 10.2. The molecule has 0 saturated carbocycles. The first-order chi connectivity index (χ1) is 10.4. The molecule has 1 aromatic rings. The molecule has 22 heavy (non-hydrogen) atoms. The zero-order valence-corrected chi connectivity index (χ0v) is 13.6. The van der Waals surface area contributed by atoms with E-state index in [2.05, 4.69) is 5.32 Å². The summed E-state index contributed by atoms with van der Waals surface area (Å²) in [6, 6.07) is 7.57. The Labute approximate surface area is 131 Å². The van der Waals surface area contributed by atoms with E-state index in [-0.39, 0.29) is 30.1 Å². The third-order valence-corrected chi connectivity index (χ3v) is 3.85. The summed E-state index contributed by atoms with van der Waals surface area (Å²) in [5, 5.41) is 2.88. The largest absolute Gasteiger partial charge is 0.460 e. The van der Waals surface area contributed by atoms with Crippen LogP contribution in [0.5, 0.6) is 0 Å². The molecule has 1 N–H and O–H groups in total. The van der Waals surface area contributed by atoms with Gasteiger partial charge < -0.3 is 15.0 Å². The van der Waals surface area contributed by atoms with Gasteiger partial charge in [0.2, 0.25) is 0 Å². The fourth-order valence-corrected chi connectivity index (χ4v) is 2.48. The van der Waals surface area contributed by atoms with E-state index in [1.165, 1.54) is 0 Å². The van der Waals surface area contributed by atoms with E-state index in [0.29, 0.717) is 13.0 Å². The van der Waals surface area contributed by atoms with Crippen LogP contribution in [0.3, 0.4) is 0 Å². The summed E-state index contributed by atoms with van der Waals surface area (Å²) in [5.41, 5.74) is 1.92. The highest BCUT2D eigenvalue weighted by Gasteiger charge is 2.35. The maximum Gasteiger partial charge on any atom is 0.322 e. The van der Waals surface area contributed by atoms with E-state index in [1.54, 1.807) is 4.90 Å². The Bertz CT molecular complexity index is 539. The minimum absolute atomic E-state index is 0.0513. The fraction of sp³-hybridized carbons (Fsp3) is 0.529. The second kappa shape index (κ2) is 6.81. The van der Waals surface area contributed by atoms with Crippen LogP contribution in [-0.4, -0.2) is 35.6 Å². The maximum atomic E-state index is 12.3. The summed E-state index contributed by atoms with van der Waals surface area (Å²) in [5.74, 6) is -0.358. The van der Waals surface area contributed by atoms with Crippen molar-refractivity contribution in [3.05, 3.63) is 29.8 Å². The molecule has 1 fully saturated rings. The number of aryl methyl sites for hydroxylation is 1. The van der Waals surface area contributed by atoms with Crippen molar-refractivity contribution in [3.8, 4) is 0 Å². The van der Waals surface area contributed by atoms with E-state index >= 15 is 0 Å². The molecule has 1 aliphatic heterocycles. The van der Waals surface area contributed by atoms with Crippen LogP contribution in [0.4, 0.5) is 10.5 Å². The van der Waals surface area contributed by atoms with Gasteiger partial charge in [-0.15, -0.1) is 0 Å². The van der Waals surface area contributed by atoms with Crippen molar-refractivity contribution in [3.63, 3.8) is 0 Å². The van der Waals surface area contributed by atoms with Gasteiger partial charge in [-0.3, -0.25) is 4.79 Å². The molecule has 1 aliphatic rings. The molecule has 0 aliphatic carbocycles. The normalized spacial score (nSPS) is 21.0. The number of carbonyl (C=O) groups is 2. The average Bonchev–Trinajstić information content (AvgIpc) is 2.82. The first kappa shape index (κ1) is 16.3. The Kier molecular flexibility index (Phi) is 5.06. The lowest BCUT2D eigenvalue weighted by molar-refractivity contribution is -0.152. The number of benzene rings is 1. The van der Waals surface area contributed by atoms with Crippen molar-refractivity contribution in [2.45, 2.75) is 46.3 Å². The number of amides is 2. The highest BCUT2D eigenvalue weighted by atomic mass is 16.5. The standard InChI is InChI=1S/C17H24N2O3/c1-11(2)16(20)22-15-9-13(4)19(10-15)17(21)18-14-7-5-12(3)6-8-14/h5-8,11,13,15H,9-10H2,1-4H3,(H,18,21). The van der Waals surface area contributed by atoms with Gasteiger partial charge in [-0.05, 0) is 26.0 Å². The molecule has 120 valence electrons. The summed E-state index contributed by atoms with van der Waals surface area (Å²) >= 11 is 0. The van der Waals surface area contributed by atoms with Crippen LogP contribution in [0, 0.1) is 12.8 Å². The molecule has 0 bridgehead atoms. The number of rotatable bonds is 3. The maximum absolute atomic E-state index is 12.3. The first-order valence-electron chi connectivity index (χ1n) is 7.71. The number of anilines is 1. The van der Waals surface area contributed by atoms with Gasteiger partial charge in [0.15, 0.2) is 0 Å². The van der Waals surface area contributed by atoms with Crippen LogP contribution < -0.4 is 5.32 Å². The zero-order valence-electron chi connectivity index (χ0n) is 13.6. The number of esters is 1. The van der Waals surface area contributed by atoms with E-state index in [0.717, 1.165) is 11.3 Å². The van der Waals surface area contributed by atoms with Crippen molar-refractivity contribution in [2.24, 2.45) is 5.92 Å². The number of ether oxygens (including phenoxy) is 1. The monoisotopic (exact) mass is 304 g/mol. The van der Waals surface area contributed by atoms with Gasteiger partial charge in [-0.1, -0.05) is 31.5 Å². The molecule has 0 radical (unpaired) electrons. The molecule has 2 rings (SSSR count). The van der Waals surface area contributed by atoms with Gasteiger partial charge in [0, 0.05) is 18.2 Å². The zero-order chi connectivity index (χ0) is 16.3. The van der Waals surface area contributed by atoms with Crippen LogP contribution in [0.2, 0.25) is 0 Å².